The number of ether oxygens (including phenoxy) is 1. The molecule has 3 heterocycles. The maximum absolute atomic E-state index is 12.7. The maximum atomic E-state index is 12.7. The Hall–Kier alpha value is -1.88. The molecule has 2 atom stereocenters. The van der Waals surface area contributed by atoms with Gasteiger partial charge in [-0.15, -0.1) is 0 Å². The van der Waals surface area contributed by atoms with Gasteiger partial charge in [-0.3, -0.25) is 4.79 Å². The molecule has 2 aromatic heterocycles. The Morgan fingerprint density at radius 1 is 1.48 bits per heavy atom. The van der Waals surface area contributed by atoms with E-state index in [-0.39, 0.29) is 18.1 Å². The number of amides is 1. The molecule has 0 radical (unpaired) electrons. The van der Waals surface area contributed by atoms with Crippen LogP contribution in [0.4, 0.5) is 0 Å². The molecule has 0 spiro atoms. The number of nitrogens with zero attached hydrogens (tertiary/aromatic N) is 2. The minimum atomic E-state index is 0.208. The molecule has 2 aromatic rings. The highest BCUT2D eigenvalue weighted by Crippen LogP contribution is 2.30. The molecular formula is C16H19N3O2. The number of pyridine rings is 1. The van der Waals surface area contributed by atoms with Crippen LogP contribution >= 0.6 is 0 Å². The van der Waals surface area contributed by atoms with Crippen molar-refractivity contribution >= 4 is 16.9 Å². The van der Waals surface area contributed by atoms with Crippen LogP contribution in [0.3, 0.4) is 0 Å². The molecule has 110 valence electrons. The van der Waals surface area contributed by atoms with E-state index in [9.17, 15) is 4.79 Å². The molecule has 1 saturated carbocycles. The van der Waals surface area contributed by atoms with E-state index in [0.29, 0.717) is 13.0 Å². The molecule has 1 aliphatic carbocycles. The monoisotopic (exact) mass is 285 g/mol. The van der Waals surface area contributed by atoms with Crippen molar-refractivity contribution in [3.05, 3.63) is 30.1 Å². The summed E-state index contributed by atoms with van der Waals surface area (Å²) >= 11 is 0. The quantitative estimate of drug-likeness (QED) is 0.916. The predicted molar refractivity (Wildman–Crippen MR) is 78.9 cm³/mol. The van der Waals surface area contributed by atoms with Gasteiger partial charge in [0.05, 0.1) is 25.2 Å². The third kappa shape index (κ3) is 2.21. The van der Waals surface area contributed by atoms with Gasteiger partial charge >= 0.3 is 0 Å². The zero-order valence-corrected chi connectivity index (χ0v) is 11.9. The van der Waals surface area contributed by atoms with Gasteiger partial charge in [0, 0.05) is 24.3 Å². The lowest BCUT2D eigenvalue weighted by atomic mass is 10.1. The smallest absolute Gasteiger partial charge is 0.227 e. The highest BCUT2D eigenvalue weighted by molar-refractivity contribution is 5.87. The van der Waals surface area contributed by atoms with E-state index in [1.807, 2.05) is 23.2 Å². The van der Waals surface area contributed by atoms with Gasteiger partial charge < -0.3 is 14.6 Å². The summed E-state index contributed by atoms with van der Waals surface area (Å²) in [6.45, 7) is 1.39. The third-order valence-electron chi connectivity index (χ3n) is 4.68. The fraction of sp³-hybridized carbons (Fsp3) is 0.500. The molecule has 2 fully saturated rings. The molecule has 1 amide bonds. The minimum absolute atomic E-state index is 0.208. The lowest BCUT2D eigenvalue weighted by Crippen LogP contribution is -2.51. The number of H-pyrrole nitrogens is 1. The van der Waals surface area contributed by atoms with Crippen LogP contribution in [0.2, 0.25) is 0 Å². The molecule has 5 nitrogen and oxygen atoms in total. The fourth-order valence-electron chi connectivity index (χ4n) is 3.66. The second-order valence-electron chi connectivity index (χ2n) is 5.88. The number of hydrogen-bond donors (Lipinski definition) is 1. The van der Waals surface area contributed by atoms with Crippen molar-refractivity contribution in [1.82, 2.24) is 14.9 Å². The lowest BCUT2D eigenvalue weighted by molar-refractivity contribution is -0.143. The summed E-state index contributed by atoms with van der Waals surface area (Å²) in [4.78, 5) is 22.1. The van der Waals surface area contributed by atoms with Gasteiger partial charge in [-0.2, -0.15) is 0 Å². The van der Waals surface area contributed by atoms with Crippen LogP contribution in [-0.4, -0.2) is 46.1 Å². The second-order valence-corrected chi connectivity index (χ2v) is 5.88. The minimum Gasteiger partial charge on any atom is -0.374 e. The van der Waals surface area contributed by atoms with Crippen LogP contribution in [0.5, 0.6) is 0 Å². The highest BCUT2D eigenvalue weighted by Gasteiger charge is 2.38. The predicted octanol–water partition coefficient (Wildman–Crippen LogP) is 1.89. The molecular weight excluding hydrogens is 266 g/mol. The Morgan fingerprint density at radius 3 is 3.38 bits per heavy atom. The van der Waals surface area contributed by atoms with Gasteiger partial charge in [-0.1, -0.05) is 0 Å². The molecule has 1 N–H and O–H groups in total. The first-order valence-electron chi connectivity index (χ1n) is 7.65. The van der Waals surface area contributed by atoms with E-state index < -0.39 is 0 Å². The summed E-state index contributed by atoms with van der Waals surface area (Å²) < 4.78 is 5.78. The van der Waals surface area contributed by atoms with Crippen LogP contribution < -0.4 is 0 Å². The molecule has 21 heavy (non-hydrogen) atoms. The standard InChI is InChI=1S/C16H19N3O2/c20-15(19-7-8-21-14-5-1-4-13(14)19)9-11-10-18-16-12(11)3-2-6-17-16/h2-3,6,10,13-14H,1,4-5,7-9H2,(H,17,18)/t13-,14+/m1/s1. The largest absolute Gasteiger partial charge is 0.374 e. The van der Waals surface area contributed by atoms with Crippen molar-refractivity contribution in [3.63, 3.8) is 0 Å². The zero-order valence-electron chi connectivity index (χ0n) is 11.9. The second kappa shape index (κ2) is 5.15. The van der Waals surface area contributed by atoms with E-state index in [1.54, 1.807) is 6.20 Å². The maximum Gasteiger partial charge on any atom is 0.227 e. The summed E-state index contributed by atoms with van der Waals surface area (Å²) in [5, 5.41) is 1.04. The molecule has 2 aliphatic rings. The van der Waals surface area contributed by atoms with Crippen LogP contribution in [0.25, 0.3) is 11.0 Å². The summed E-state index contributed by atoms with van der Waals surface area (Å²) in [5.41, 5.74) is 1.88. The zero-order chi connectivity index (χ0) is 14.2. The number of hydrogen-bond acceptors (Lipinski definition) is 3. The third-order valence-corrected chi connectivity index (χ3v) is 4.68. The summed E-state index contributed by atoms with van der Waals surface area (Å²) in [6, 6.07) is 4.21. The average Bonchev–Trinajstić information content (AvgIpc) is 3.14. The Morgan fingerprint density at radius 2 is 2.43 bits per heavy atom. The number of rotatable bonds is 2. The SMILES string of the molecule is O=C(Cc1c[nH]c2ncccc12)N1CCO[C@H]2CCC[C@H]21. The van der Waals surface area contributed by atoms with Gasteiger partial charge in [-0.05, 0) is 37.0 Å². The van der Waals surface area contributed by atoms with Crippen molar-refractivity contribution < 1.29 is 9.53 Å². The first kappa shape index (κ1) is 12.8. The number of aromatic amines is 1. The van der Waals surface area contributed by atoms with Crippen molar-refractivity contribution in [2.75, 3.05) is 13.2 Å². The summed E-state index contributed by atoms with van der Waals surface area (Å²) in [7, 11) is 0. The van der Waals surface area contributed by atoms with Crippen LogP contribution in [0.1, 0.15) is 24.8 Å². The molecule has 0 unspecified atom stereocenters. The summed E-state index contributed by atoms with van der Waals surface area (Å²) in [5.74, 6) is 0.208. The topological polar surface area (TPSA) is 58.2 Å². The number of nitrogens with one attached hydrogen (secondary N) is 1. The van der Waals surface area contributed by atoms with Crippen molar-refractivity contribution in [2.24, 2.45) is 0 Å². The number of carbonyl (C=O) groups is 1. The molecule has 5 heteroatoms. The van der Waals surface area contributed by atoms with Gasteiger partial charge in [0.1, 0.15) is 5.65 Å². The highest BCUT2D eigenvalue weighted by atomic mass is 16.5. The van der Waals surface area contributed by atoms with E-state index in [0.717, 1.165) is 42.4 Å². The molecule has 1 saturated heterocycles. The van der Waals surface area contributed by atoms with Crippen LogP contribution in [-0.2, 0) is 16.0 Å². The van der Waals surface area contributed by atoms with Crippen LogP contribution in [0, 0.1) is 0 Å². The fourth-order valence-corrected chi connectivity index (χ4v) is 3.66. The van der Waals surface area contributed by atoms with E-state index in [2.05, 4.69) is 9.97 Å². The molecule has 0 aromatic carbocycles. The van der Waals surface area contributed by atoms with Gasteiger partial charge in [0.25, 0.3) is 0 Å². The number of carbonyl (C=O) groups excluding carboxylic acids is 1. The van der Waals surface area contributed by atoms with E-state index in [4.69, 9.17) is 4.74 Å². The number of aromatic nitrogens is 2. The van der Waals surface area contributed by atoms with E-state index in [1.165, 1.54) is 0 Å². The Kier molecular flexibility index (Phi) is 3.15. The molecule has 0 bridgehead atoms. The molecule has 4 rings (SSSR count). The number of morpholine rings is 1. The first-order chi connectivity index (χ1) is 10.3. The average molecular weight is 285 g/mol. The normalized spacial score (nSPS) is 25.2. The van der Waals surface area contributed by atoms with Gasteiger partial charge in [0.15, 0.2) is 0 Å². The van der Waals surface area contributed by atoms with E-state index >= 15 is 0 Å². The van der Waals surface area contributed by atoms with Gasteiger partial charge in [0.2, 0.25) is 5.91 Å². The lowest BCUT2D eigenvalue weighted by Gasteiger charge is -2.37. The molecule has 1 aliphatic heterocycles. The van der Waals surface area contributed by atoms with Crippen LogP contribution in [0.15, 0.2) is 24.5 Å². The Balaban J connectivity index is 1.55. The summed E-state index contributed by atoms with van der Waals surface area (Å²) in [6.07, 6.45) is 7.69. The van der Waals surface area contributed by atoms with Gasteiger partial charge in [-0.25, -0.2) is 4.98 Å². The van der Waals surface area contributed by atoms with Crippen molar-refractivity contribution in [1.29, 1.82) is 0 Å². The Labute approximate surface area is 123 Å². The number of fused-ring (bicyclic) bond motifs is 2. The first-order valence-corrected chi connectivity index (χ1v) is 7.65. The van der Waals surface area contributed by atoms with Crippen molar-refractivity contribution in [3.8, 4) is 0 Å². The Bertz CT molecular complexity index is 666. The van der Waals surface area contributed by atoms with Crippen molar-refractivity contribution in [2.45, 2.75) is 37.8 Å².